The first kappa shape index (κ1) is 16.6. The van der Waals surface area contributed by atoms with Crippen LogP contribution in [0.1, 0.15) is 49.8 Å². The van der Waals surface area contributed by atoms with Crippen molar-refractivity contribution in [3.63, 3.8) is 0 Å². The number of ether oxygens (including phenoxy) is 1. The van der Waals surface area contributed by atoms with Crippen LogP contribution >= 0.6 is 0 Å². The van der Waals surface area contributed by atoms with Crippen LogP contribution in [0.2, 0.25) is 0 Å². The first-order valence-corrected chi connectivity index (χ1v) is 7.55. The molecular formula is C17H20N4O2. The molecule has 0 fully saturated rings. The fourth-order valence-corrected chi connectivity index (χ4v) is 2.16. The zero-order chi connectivity index (χ0) is 16.7. The third kappa shape index (κ3) is 4.10. The van der Waals surface area contributed by atoms with E-state index in [0.29, 0.717) is 5.89 Å². The van der Waals surface area contributed by atoms with E-state index >= 15 is 0 Å². The Morgan fingerprint density at radius 3 is 2.61 bits per heavy atom. The maximum atomic E-state index is 9.15. The second-order valence-electron chi connectivity index (χ2n) is 5.00. The lowest BCUT2D eigenvalue weighted by Gasteiger charge is -2.05. The lowest BCUT2D eigenvalue weighted by atomic mass is 10.0. The van der Waals surface area contributed by atoms with Gasteiger partial charge in [-0.2, -0.15) is 10.4 Å². The van der Waals surface area contributed by atoms with Crippen molar-refractivity contribution in [3.8, 4) is 11.8 Å². The van der Waals surface area contributed by atoms with Crippen LogP contribution in [0.15, 0.2) is 33.8 Å². The normalized spacial score (nSPS) is 10.9. The van der Waals surface area contributed by atoms with Gasteiger partial charge in [0, 0.05) is 5.92 Å². The van der Waals surface area contributed by atoms with Gasteiger partial charge < -0.3 is 9.15 Å². The lowest BCUT2D eigenvalue weighted by Crippen LogP contribution is -1.95. The Balaban J connectivity index is 2.10. The number of aromatic nitrogens is 1. The van der Waals surface area contributed by atoms with E-state index in [1.165, 1.54) is 0 Å². The summed E-state index contributed by atoms with van der Waals surface area (Å²) in [6.45, 7) is 4.14. The summed E-state index contributed by atoms with van der Waals surface area (Å²) in [4.78, 5) is 4.24. The van der Waals surface area contributed by atoms with Crippen molar-refractivity contribution < 1.29 is 9.15 Å². The maximum Gasteiger partial charge on any atom is 0.252 e. The van der Waals surface area contributed by atoms with Gasteiger partial charge in [-0.05, 0) is 42.7 Å². The fraction of sp³-hybridized carbons (Fsp3) is 0.353. The molecule has 0 radical (unpaired) electrons. The number of anilines is 1. The van der Waals surface area contributed by atoms with Gasteiger partial charge in [-0.15, -0.1) is 0 Å². The molecule has 0 saturated carbocycles. The number of nitriles is 1. The molecule has 0 bridgehead atoms. The molecule has 2 rings (SSSR count). The van der Waals surface area contributed by atoms with Gasteiger partial charge in [-0.3, -0.25) is 0 Å². The molecule has 0 aliphatic rings. The Hall–Kier alpha value is -2.81. The monoisotopic (exact) mass is 312 g/mol. The van der Waals surface area contributed by atoms with Crippen LogP contribution < -0.4 is 10.2 Å². The van der Waals surface area contributed by atoms with Crippen molar-refractivity contribution in [2.75, 3.05) is 12.5 Å². The molecule has 6 nitrogen and oxygen atoms in total. The molecule has 23 heavy (non-hydrogen) atoms. The number of benzene rings is 1. The third-order valence-electron chi connectivity index (χ3n) is 3.58. The molecule has 0 amide bonds. The highest BCUT2D eigenvalue weighted by Crippen LogP contribution is 2.27. The zero-order valence-corrected chi connectivity index (χ0v) is 13.5. The molecule has 1 N–H and O–H groups in total. The molecule has 1 aromatic carbocycles. The highest BCUT2D eigenvalue weighted by atomic mass is 16.5. The number of oxazole rings is 1. The summed E-state index contributed by atoms with van der Waals surface area (Å²) in [5.74, 6) is 1.85. The molecule has 0 unspecified atom stereocenters. The van der Waals surface area contributed by atoms with Gasteiger partial charge in [0.2, 0.25) is 11.6 Å². The second-order valence-corrected chi connectivity index (χ2v) is 5.00. The average Bonchev–Trinajstić information content (AvgIpc) is 2.99. The van der Waals surface area contributed by atoms with E-state index in [1.807, 2.05) is 30.3 Å². The molecule has 1 aromatic heterocycles. The average molecular weight is 312 g/mol. The van der Waals surface area contributed by atoms with Gasteiger partial charge in [-0.1, -0.05) is 13.8 Å². The van der Waals surface area contributed by atoms with Crippen LogP contribution in [0.4, 0.5) is 5.88 Å². The third-order valence-corrected chi connectivity index (χ3v) is 3.58. The second kappa shape index (κ2) is 7.99. The first-order chi connectivity index (χ1) is 11.2. The minimum Gasteiger partial charge on any atom is -0.497 e. The quantitative estimate of drug-likeness (QED) is 0.619. The molecule has 1 heterocycles. The van der Waals surface area contributed by atoms with Crippen molar-refractivity contribution in [1.82, 2.24) is 4.98 Å². The number of hydrogen-bond donors (Lipinski definition) is 1. The molecule has 6 heteroatoms. The van der Waals surface area contributed by atoms with E-state index in [9.17, 15) is 0 Å². The van der Waals surface area contributed by atoms with E-state index < -0.39 is 0 Å². The Morgan fingerprint density at radius 2 is 2.04 bits per heavy atom. The Bertz CT molecular complexity index is 694. The summed E-state index contributed by atoms with van der Waals surface area (Å²) in [7, 11) is 1.62. The molecule has 2 aromatic rings. The number of nitrogens with one attached hydrogen (secondary N) is 1. The van der Waals surface area contributed by atoms with Crippen molar-refractivity contribution in [1.29, 1.82) is 5.26 Å². The summed E-state index contributed by atoms with van der Waals surface area (Å²) in [5.41, 5.74) is 3.87. The topological polar surface area (TPSA) is 83.4 Å². The van der Waals surface area contributed by atoms with E-state index in [0.717, 1.165) is 24.2 Å². The standard InChI is InChI=1S/C17H20N4O2/c1-4-13(5-2)16-20-15(10-18)17(23-16)21-19-11-12-6-8-14(22-3)9-7-12/h6-9,11,13,21H,4-5H2,1-3H3/b19-11+. The van der Waals surface area contributed by atoms with Crippen molar-refractivity contribution in [2.45, 2.75) is 32.6 Å². The number of methoxy groups -OCH3 is 1. The minimum absolute atomic E-state index is 0.211. The first-order valence-electron chi connectivity index (χ1n) is 7.55. The number of rotatable bonds is 7. The maximum absolute atomic E-state index is 9.15. The van der Waals surface area contributed by atoms with E-state index in [-0.39, 0.29) is 17.5 Å². The molecule has 0 spiro atoms. The Morgan fingerprint density at radius 1 is 1.35 bits per heavy atom. The largest absolute Gasteiger partial charge is 0.497 e. The van der Waals surface area contributed by atoms with Gasteiger partial charge in [0.05, 0.1) is 13.3 Å². The van der Waals surface area contributed by atoms with E-state index in [1.54, 1.807) is 13.3 Å². The van der Waals surface area contributed by atoms with Crippen LogP contribution in [-0.2, 0) is 0 Å². The highest BCUT2D eigenvalue weighted by molar-refractivity contribution is 5.80. The summed E-state index contributed by atoms with van der Waals surface area (Å²) in [6, 6.07) is 9.48. The summed E-state index contributed by atoms with van der Waals surface area (Å²) in [6.07, 6.45) is 3.47. The predicted octanol–water partition coefficient (Wildman–Crippen LogP) is 3.90. The van der Waals surface area contributed by atoms with Gasteiger partial charge >= 0.3 is 0 Å². The SMILES string of the molecule is CCC(CC)c1nc(C#N)c(N/N=C/c2ccc(OC)cc2)o1. The predicted molar refractivity (Wildman–Crippen MR) is 88.8 cm³/mol. The lowest BCUT2D eigenvalue weighted by molar-refractivity contribution is 0.415. The van der Waals surface area contributed by atoms with E-state index in [4.69, 9.17) is 14.4 Å². The molecule has 120 valence electrons. The van der Waals surface area contributed by atoms with Gasteiger partial charge in [-0.25, -0.2) is 10.4 Å². The van der Waals surface area contributed by atoms with Crippen LogP contribution in [0.25, 0.3) is 0 Å². The van der Waals surface area contributed by atoms with Gasteiger partial charge in [0.15, 0.2) is 0 Å². The Kier molecular flexibility index (Phi) is 5.75. The van der Waals surface area contributed by atoms with Crippen molar-refractivity contribution in [2.24, 2.45) is 5.10 Å². The highest BCUT2D eigenvalue weighted by Gasteiger charge is 2.18. The van der Waals surface area contributed by atoms with Gasteiger partial charge in [0.25, 0.3) is 5.88 Å². The molecule has 0 aliphatic carbocycles. The number of nitrogens with zero attached hydrogens (tertiary/aromatic N) is 3. The van der Waals surface area contributed by atoms with Crippen LogP contribution in [-0.4, -0.2) is 18.3 Å². The summed E-state index contributed by atoms with van der Waals surface area (Å²) >= 11 is 0. The summed E-state index contributed by atoms with van der Waals surface area (Å²) < 4.78 is 10.7. The smallest absolute Gasteiger partial charge is 0.252 e. The van der Waals surface area contributed by atoms with Crippen LogP contribution in [0, 0.1) is 11.3 Å². The van der Waals surface area contributed by atoms with Crippen LogP contribution in [0.3, 0.4) is 0 Å². The van der Waals surface area contributed by atoms with Crippen molar-refractivity contribution >= 4 is 12.1 Å². The number of hydrogen-bond acceptors (Lipinski definition) is 6. The fourth-order valence-electron chi connectivity index (χ4n) is 2.16. The number of hydrazone groups is 1. The molecule has 0 saturated heterocycles. The summed E-state index contributed by atoms with van der Waals surface area (Å²) in [5, 5.41) is 13.3. The minimum atomic E-state index is 0.211. The zero-order valence-electron chi connectivity index (χ0n) is 13.5. The molecule has 0 aliphatic heterocycles. The Labute approximate surface area is 135 Å². The van der Waals surface area contributed by atoms with Gasteiger partial charge in [0.1, 0.15) is 11.8 Å². The van der Waals surface area contributed by atoms with Crippen molar-refractivity contribution in [3.05, 3.63) is 41.4 Å². The van der Waals surface area contributed by atoms with Crippen LogP contribution in [0.5, 0.6) is 5.75 Å². The molecule has 0 atom stereocenters. The van der Waals surface area contributed by atoms with E-state index in [2.05, 4.69) is 29.4 Å². The molecular weight excluding hydrogens is 292 g/mol.